The van der Waals surface area contributed by atoms with E-state index in [0.29, 0.717) is 5.69 Å². The van der Waals surface area contributed by atoms with Gasteiger partial charge in [0, 0.05) is 11.4 Å². The Balaban J connectivity index is 2.04. The minimum absolute atomic E-state index is 0.130. The molecule has 0 bridgehead atoms. The van der Waals surface area contributed by atoms with Gasteiger partial charge in [0.25, 0.3) is 0 Å². The Hall–Kier alpha value is -2.43. The molecule has 100 valence electrons. The lowest BCUT2D eigenvalue weighted by molar-refractivity contribution is 0.259. The Morgan fingerprint density at radius 1 is 1.26 bits per heavy atom. The topological polar surface area (TPSA) is 80.3 Å². The molecule has 0 saturated carbocycles. The monoisotopic (exact) mass is 259 g/mol. The van der Waals surface area contributed by atoms with Gasteiger partial charge in [0.2, 0.25) is 0 Å². The second kappa shape index (κ2) is 5.95. The summed E-state index contributed by atoms with van der Waals surface area (Å²) >= 11 is 0. The summed E-state index contributed by atoms with van der Waals surface area (Å²) in [6, 6.07) is 10.7. The molecule has 1 atom stereocenters. The van der Waals surface area contributed by atoms with Gasteiger partial charge in [0.15, 0.2) is 0 Å². The molecule has 0 aliphatic rings. The van der Waals surface area contributed by atoms with Crippen molar-refractivity contribution in [3.63, 3.8) is 0 Å². The zero-order valence-electron chi connectivity index (χ0n) is 10.7. The van der Waals surface area contributed by atoms with E-state index >= 15 is 0 Å². The van der Waals surface area contributed by atoms with Crippen LogP contribution in [-0.4, -0.2) is 6.03 Å². The molecule has 4 N–H and O–H groups in total. The second-order valence-electron chi connectivity index (χ2n) is 4.19. The minimum atomic E-state index is -0.567. The number of hydrogen-bond acceptors (Lipinski definition) is 3. The normalized spacial score (nSPS) is 11.8. The van der Waals surface area contributed by atoms with Crippen LogP contribution in [0.25, 0.3) is 0 Å². The molecule has 1 heterocycles. The largest absolute Gasteiger partial charge is 0.467 e. The lowest BCUT2D eigenvalue weighted by Crippen LogP contribution is -2.19. The van der Waals surface area contributed by atoms with Gasteiger partial charge in [-0.1, -0.05) is 6.92 Å². The molecule has 2 rings (SSSR count). The molecular weight excluding hydrogens is 242 g/mol. The van der Waals surface area contributed by atoms with Gasteiger partial charge in [-0.15, -0.1) is 0 Å². The number of urea groups is 1. The Morgan fingerprint density at radius 3 is 2.47 bits per heavy atom. The van der Waals surface area contributed by atoms with Crippen LogP contribution in [0.3, 0.4) is 0 Å². The maximum Gasteiger partial charge on any atom is 0.316 e. The van der Waals surface area contributed by atoms with Crippen LogP contribution in [0.2, 0.25) is 0 Å². The van der Waals surface area contributed by atoms with E-state index in [1.165, 1.54) is 0 Å². The summed E-state index contributed by atoms with van der Waals surface area (Å²) in [6.07, 6.45) is 2.58. The Bertz CT molecular complexity index is 520. The Morgan fingerprint density at radius 2 is 1.95 bits per heavy atom. The van der Waals surface area contributed by atoms with E-state index in [1.807, 2.05) is 24.3 Å². The zero-order chi connectivity index (χ0) is 13.7. The summed E-state index contributed by atoms with van der Waals surface area (Å²) in [5.74, 6) is 0.904. The number of furan rings is 1. The molecule has 0 aliphatic carbocycles. The first-order valence-electron chi connectivity index (χ1n) is 6.15. The molecule has 5 heteroatoms. The van der Waals surface area contributed by atoms with E-state index in [2.05, 4.69) is 17.6 Å². The van der Waals surface area contributed by atoms with Crippen LogP contribution in [0, 0.1) is 0 Å². The first kappa shape index (κ1) is 13.0. The van der Waals surface area contributed by atoms with Crippen molar-refractivity contribution in [3.8, 4) is 0 Å². The summed E-state index contributed by atoms with van der Waals surface area (Å²) in [7, 11) is 0. The van der Waals surface area contributed by atoms with E-state index in [9.17, 15) is 4.79 Å². The SMILES string of the molecule is CCC(Nc1ccc(NC(N)=O)cc1)c1ccco1. The van der Waals surface area contributed by atoms with Crippen LogP contribution in [-0.2, 0) is 0 Å². The van der Waals surface area contributed by atoms with E-state index in [1.54, 1.807) is 18.4 Å². The fourth-order valence-electron chi connectivity index (χ4n) is 1.86. The molecular formula is C14H17N3O2. The fourth-order valence-corrected chi connectivity index (χ4v) is 1.86. The molecule has 19 heavy (non-hydrogen) atoms. The van der Waals surface area contributed by atoms with Gasteiger partial charge in [-0.2, -0.15) is 0 Å². The molecule has 0 spiro atoms. The van der Waals surface area contributed by atoms with E-state index in [-0.39, 0.29) is 6.04 Å². The average molecular weight is 259 g/mol. The van der Waals surface area contributed by atoms with Crippen LogP contribution in [0.5, 0.6) is 0 Å². The number of primary amides is 1. The maximum atomic E-state index is 10.7. The predicted molar refractivity (Wildman–Crippen MR) is 75.0 cm³/mol. The third-order valence-electron chi connectivity index (χ3n) is 2.79. The van der Waals surface area contributed by atoms with Gasteiger partial charge in [0.1, 0.15) is 5.76 Å². The van der Waals surface area contributed by atoms with E-state index in [0.717, 1.165) is 17.9 Å². The highest BCUT2D eigenvalue weighted by molar-refractivity contribution is 5.87. The number of hydrogen-bond donors (Lipinski definition) is 3. The van der Waals surface area contributed by atoms with Gasteiger partial charge < -0.3 is 20.8 Å². The molecule has 2 aromatic rings. The summed E-state index contributed by atoms with van der Waals surface area (Å²) < 4.78 is 5.40. The van der Waals surface area contributed by atoms with E-state index < -0.39 is 6.03 Å². The molecule has 1 aromatic carbocycles. The maximum absolute atomic E-state index is 10.7. The smallest absolute Gasteiger partial charge is 0.316 e. The molecule has 2 amide bonds. The van der Waals surface area contributed by atoms with Crippen molar-refractivity contribution in [2.45, 2.75) is 19.4 Å². The summed E-state index contributed by atoms with van der Waals surface area (Å²) in [6.45, 7) is 2.09. The highest BCUT2D eigenvalue weighted by atomic mass is 16.3. The number of amides is 2. The van der Waals surface area contributed by atoms with Crippen molar-refractivity contribution < 1.29 is 9.21 Å². The first-order valence-corrected chi connectivity index (χ1v) is 6.15. The molecule has 1 aromatic heterocycles. The number of nitrogens with two attached hydrogens (primary N) is 1. The molecule has 1 unspecified atom stereocenters. The van der Waals surface area contributed by atoms with Gasteiger partial charge >= 0.3 is 6.03 Å². The van der Waals surface area contributed by atoms with Crippen LogP contribution in [0.4, 0.5) is 16.2 Å². The Labute approximate surface area is 111 Å². The number of carbonyl (C=O) groups is 1. The summed E-state index contributed by atoms with van der Waals surface area (Å²) in [5, 5.41) is 5.89. The predicted octanol–water partition coefficient (Wildman–Crippen LogP) is 3.33. The van der Waals surface area contributed by atoms with Crippen molar-refractivity contribution in [1.29, 1.82) is 0 Å². The first-order chi connectivity index (χ1) is 9.19. The van der Waals surface area contributed by atoms with Crippen LogP contribution < -0.4 is 16.4 Å². The van der Waals surface area contributed by atoms with Gasteiger partial charge in [-0.3, -0.25) is 0 Å². The summed E-state index contributed by atoms with van der Waals surface area (Å²) in [5.41, 5.74) is 6.68. The number of nitrogens with one attached hydrogen (secondary N) is 2. The van der Waals surface area contributed by atoms with Crippen molar-refractivity contribution in [1.82, 2.24) is 0 Å². The lowest BCUT2D eigenvalue weighted by Gasteiger charge is -2.16. The van der Waals surface area contributed by atoms with Crippen molar-refractivity contribution in [3.05, 3.63) is 48.4 Å². The number of carbonyl (C=O) groups excluding carboxylic acids is 1. The van der Waals surface area contributed by atoms with E-state index in [4.69, 9.17) is 10.2 Å². The molecule has 0 radical (unpaired) electrons. The number of anilines is 2. The van der Waals surface area contributed by atoms with Gasteiger partial charge in [-0.25, -0.2) is 4.79 Å². The standard InChI is InChI=1S/C14H17N3O2/c1-2-12(13-4-3-9-19-13)16-10-5-7-11(8-6-10)17-14(15)18/h3-9,12,16H,2H2,1H3,(H3,15,17,18). The molecule has 0 fully saturated rings. The molecule has 5 nitrogen and oxygen atoms in total. The molecule has 0 saturated heterocycles. The highest BCUT2D eigenvalue weighted by Crippen LogP contribution is 2.23. The number of benzene rings is 1. The zero-order valence-corrected chi connectivity index (χ0v) is 10.7. The fraction of sp³-hybridized carbons (Fsp3) is 0.214. The van der Waals surface area contributed by atoms with Crippen molar-refractivity contribution in [2.75, 3.05) is 10.6 Å². The van der Waals surface area contributed by atoms with Crippen LogP contribution in [0.15, 0.2) is 47.1 Å². The molecule has 0 aliphatic heterocycles. The number of rotatable bonds is 5. The van der Waals surface area contributed by atoms with Crippen LogP contribution >= 0.6 is 0 Å². The van der Waals surface area contributed by atoms with Crippen molar-refractivity contribution in [2.24, 2.45) is 5.73 Å². The second-order valence-corrected chi connectivity index (χ2v) is 4.19. The third-order valence-corrected chi connectivity index (χ3v) is 2.79. The minimum Gasteiger partial charge on any atom is -0.467 e. The highest BCUT2D eigenvalue weighted by Gasteiger charge is 2.11. The Kier molecular flexibility index (Phi) is 4.07. The average Bonchev–Trinajstić information content (AvgIpc) is 2.91. The van der Waals surface area contributed by atoms with Crippen LogP contribution in [0.1, 0.15) is 25.1 Å². The van der Waals surface area contributed by atoms with Gasteiger partial charge in [-0.05, 0) is 42.8 Å². The summed E-state index contributed by atoms with van der Waals surface area (Å²) in [4.78, 5) is 10.7. The lowest BCUT2D eigenvalue weighted by atomic mass is 10.1. The quantitative estimate of drug-likeness (QED) is 0.770. The third kappa shape index (κ3) is 3.51. The van der Waals surface area contributed by atoms with Gasteiger partial charge in [0.05, 0.1) is 12.3 Å². The van der Waals surface area contributed by atoms with Crippen molar-refractivity contribution >= 4 is 17.4 Å².